The highest BCUT2D eigenvalue weighted by atomic mass is 32.2. The molecule has 0 bridgehead atoms. The fourth-order valence-electron chi connectivity index (χ4n) is 2.84. The maximum atomic E-state index is 13.4. The molecule has 0 fully saturated rings. The van der Waals surface area contributed by atoms with Crippen molar-refractivity contribution in [1.29, 1.82) is 0 Å². The van der Waals surface area contributed by atoms with Crippen molar-refractivity contribution >= 4 is 29.1 Å². The third-order valence-electron chi connectivity index (χ3n) is 4.15. The number of amides is 1. The van der Waals surface area contributed by atoms with Crippen molar-refractivity contribution < 1.29 is 22.8 Å². The number of fused-ring (bicyclic) bond motifs is 1. The van der Waals surface area contributed by atoms with Crippen LogP contribution in [0.1, 0.15) is 50.6 Å². The van der Waals surface area contributed by atoms with Gasteiger partial charge in [0, 0.05) is 12.5 Å². The highest BCUT2D eigenvalue weighted by molar-refractivity contribution is 8.04. The van der Waals surface area contributed by atoms with Gasteiger partial charge >= 0.3 is 6.18 Å². The summed E-state index contributed by atoms with van der Waals surface area (Å²) >= 11 is 0.762. The highest BCUT2D eigenvalue weighted by Crippen LogP contribution is 2.42. The van der Waals surface area contributed by atoms with Crippen molar-refractivity contribution in [3.63, 3.8) is 0 Å². The molecule has 0 saturated heterocycles. The number of rotatable bonds is 3. The second kappa shape index (κ2) is 7.08. The van der Waals surface area contributed by atoms with Crippen LogP contribution in [0, 0.1) is 0 Å². The number of nitrogens with zero attached hydrogens (tertiary/aromatic N) is 4. The second-order valence-electron chi connectivity index (χ2n) is 6.56. The van der Waals surface area contributed by atoms with Crippen molar-refractivity contribution in [3.05, 3.63) is 46.1 Å². The summed E-state index contributed by atoms with van der Waals surface area (Å²) < 4.78 is 40.9. The van der Waals surface area contributed by atoms with Gasteiger partial charge in [0.15, 0.2) is 5.78 Å². The van der Waals surface area contributed by atoms with Crippen LogP contribution in [-0.4, -0.2) is 26.6 Å². The van der Waals surface area contributed by atoms with Gasteiger partial charge in [0.1, 0.15) is 0 Å². The third-order valence-corrected chi connectivity index (χ3v) is 5.28. The Labute approximate surface area is 163 Å². The lowest BCUT2D eigenvalue weighted by molar-refractivity contribution is -0.148. The Bertz CT molecular complexity index is 978. The molecule has 3 rings (SSSR count). The summed E-state index contributed by atoms with van der Waals surface area (Å²) in [6, 6.07) is 7.01. The van der Waals surface area contributed by atoms with Crippen LogP contribution in [0.5, 0.6) is 0 Å². The van der Waals surface area contributed by atoms with Gasteiger partial charge in [-0.3, -0.25) is 9.59 Å². The van der Waals surface area contributed by atoms with E-state index in [9.17, 15) is 22.8 Å². The van der Waals surface area contributed by atoms with Gasteiger partial charge in [-0.05, 0) is 30.2 Å². The fourth-order valence-corrected chi connectivity index (χ4v) is 3.80. The Morgan fingerprint density at radius 2 is 1.68 bits per heavy atom. The number of Topliss-reactive ketones (excluding diaryl/α,β-unsaturated/α-hetero) is 1. The number of allylic oxidation sites excluding steroid dienone is 1. The summed E-state index contributed by atoms with van der Waals surface area (Å²) in [4.78, 5) is 24.8. The van der Waals surface area contributed by atoms with E-state index in [0.29, 0.717) is 10.2 Å². The first kappa shape index (κ1) is 20.1. The zero-order chi connectivity index (χ0) is 20.8. The number of carbonyl (C=O) groups is 2. The lowest BCUT2D eigenvalue weighted by Gasteiger charge is -2.32. The van der Waals surface area contributed by atoms with Crippen LogP contribution in [0.3, 0.4) is 0 Å². The van der Waals surface area contributed by atoms with E-state index in [4.69, 9.17) is 0 Å². The molecule has 10 heteroatoms. The standard InChI is InChI=1S/C18H17F3N4O2S/c1-9(2)12-5-7-13(8-6-12)14-15(10(3)26)28-17-23-22-16(18(19,20)21)25(17)24(14)11(4)27/h5-9H,1-4H3. The summed E-state index contributed by atoms with van der Waals surface area (Å²) in [6.45, 7) is 6.43. The molecule has 148 valence electrons. The van der Waals surface area contributed by atoms with Crippen LogP contribution in [0.2, 0.25) is 0 Å². The van der Waals surface area contributed by atoms with Crippen LogP contribution < -0.4 is 5.01 Å². The van der Waals surface area contributed by atoms with Gasteiger partial charge in [0.25, 0.3) is 5.82 Å². The number of hydrogen-bond donors (Lipinski definition) is 0. The van der Waals surface area contributed by atoms with E-state index in [1.54, 1.807) is 12.1 Å². The molecule has 28 heavy (non-hydrogen) atoms. The van der Waals surface area contributed by atoms with Crippen molar-refractivity contribution in [3.8, 4) is 0 Å². The highest BCUT2D eigenvalue weighted by Gasteiger charge is 2.44. The molecule has 0 N–H and O–H groups in total. The van der Waals surface area contributed by atoms with E-state index in [2.05, 4.69) is 10.2 Å². The van der Waals surface area contributed by atoms with Crippen LogP contribution >= 0.6 is 11.8 Å². The number of halogens is 3. The first-order valence-corrected chi connectivity index (χ1v) is 9.21. The predicted octanol–water partition coefficient (Wildman–Crippen LogP) is 3.97. The summed E-state index contributed by atoms with van der Waals surface area (Å²) in [5.41, 5.74) is 1.55. The van der Waals surface area contributed by atoms with E-state index in [1.165, 1.54) is 6.92 Å². The molecule has 1 aliphatic rings. The molecule has 1 aromatic heterocycles. The quantitative estimate of drug-likeness (QED) is 0.766. The molecule has 0 atom stereocenters. The van der Waals surface area contributed by atoms with Gasteiger partial charge in [0.2, 0.25) is 11.1 Å². The first-order chi connectivity index (χ1) is 13.0. The molecule has 0 spiro atoms. The van der Waals surface area contributed by atoms with Crippen molar-refractivity contribution in [1.82, 2.24) is 14.9 Å². The molecule has 1 aromatic carbocycles. The molecule has 0 unspecified atom stereocenters. The number of thioether (sulfide) groups is 1. The summed E-state index contributed by atoms with van der Waals surface area (Å²) in [5.74, 6) is -2.17. The molecule has 1 amide bonds. The van der Waals surface area contributed by atoms with E-state index in [1.807, 2.05) is 26.0 Å². The Kier molecular flexibility index (Phi) is 5.09. The smallest absolute Gasteiger partial charge is 0.294 e. The summed E-state index contributed by atoms with van der Waals surface area (Å²) in [7, 11) is 0. The Morgan fingerprint density at radius 3 is 2.14 bits per heavy atom. The van der Waals surface area contributed by atoms with Gasteiger partial charge in [-0.25, -0.2) is 5.01 Å². The number of benzene rings is 1. The first-order valence-electron chi connectivity index (χ1n) is 8.39. The summed E-state index contributed by atoms with van der Waals surface area (Å²) in [6.07, 6.45) is -4.82. The topological polar surface area (TPSA) is 68.1 Å². The molecule has 1 aliphatic heterocycles. The van der Waals surface area contributed by atoms with Gasteiger partial charge in [0.05, 0.1) is 10.6 Å². The largest absolute Gasteiger partial charge is 0.453 e. The molecule has 2 heterocycles. The predicted molar refractivity (Wildman–Crippen MR) is 97.9 cm³/mol. The fraction of sp³-hybridized carbons (Fsp3) is 0.333. The monoisotopic (exact) mass is 410 g/mol. The Morgan fingerprint density at radius 1 is 1.07 bits per heavy atom. The van der Waals surface area contributed by atoms with Crippen molar-refractivity contribution in [2.24, 2.45) is 0 Å². The second-order valence-corrected chi connectivity index (χ2v) is 7.54. The van der Waals surface area contributed by atoms with Crippen LogP contribution in [0.25, 0.3) is 5.70 Å². The molecule has 0 aliphatic carbocycles. The van der Waals surface area contributed by atoms with Crippen LogP contribution in [0.4, 0.5) is 13.2 Å². The van der Waals surface area contributed by atoms with Gasteiger partial charge in [-0.1, -0.05) is 38.1 Å². The lowest BCUT2D eigenvalue weighted by atomic mass is 10.0. The van der Waals surface area contributed by atoms with Gasteiger partial charge < -0.3 is 0 Å². The van der Waals surface area contributed by atoms with Gasteiger partial charge in [-0.2, -0.15) is 17.8 Å². The number of aromatic nitrogens is 3. The van der Waals surface area contributed by atoms with Crippen LogP contribution in [-0.2, 0) is 15.8 Å². The zero-order valence-electron chi connectivity index (χ0n) is 15.5. The Hall–Kier alpha value is -2.62. The average molecular weight is 410 g/mol. The van der Waals surface area contributed by atoms with E-state index < -0.39 is 17.9 Å². The third kappa shape index (κ3) is 3.44. The summed E-state index contributed by atoms with van der Waals surface area (Å²) in [5, 5.41) is 7.34. The van der Waals surface area contributed by atoms with E-state index in [-0.39, 0.29) is 27.5 Å². The van der Waals surface area contributed by atoms with E-state index >= 15 is 0 Å². The zero-order valence-corrected chi connectivity index (χ0v) is 16.4. The van der Waals surface area contributed by atoms with Crippen LogP contribution in [0.15, 0.2) is 34.3 Å². The minimum absolute atomic E-state index is 0.0816. The number of ketones is 1. The number of alkyl halides is 3. The van der Waals surface area contributed by atoms with Gasteiger partial charge in [-0.15, -0.1) is 10.2 Å². The molecule has 6 nitrogen and oxygen atoms in total. The number of hydrogen-bond acceptors (Lipinski definition) is 5. The SMILES string of the molecule is CC(=O)C1=C(c2ccc(C(C)C)cc2)N(C(C)=O)n2c(nnc2C(F)(F)F)S1. The normalized spacial score (nSPS) is 14.5. The Balaban J connectivity index is 2.26. The number of carbonyl (C=O) groups excluding carboxylic acids is 2. The van der Waals surface area contributed by atoms with Crippen molar-refractivity contribution in [2.75, 3.05) is 5.01 Å². The minimum atomic E-state index is -4.82. The maximum absolute atomic E-state index is 13.4. The van der Waals surface area contributed by atoms with E-state index in [0.717, 1.165) is 29.3 Å². The molecule has 0 saturated carbocycles. The van der Waals surface area contributed by atoms with Crippen molar-refractivity contribution in [2.45, 2.75) is 44.9 Å². The molecule has 0 radical (unpaired) electrons. The molecular formula is C18H17F3N4O2S. The molecule has 2 aromatic rings. The minimum Gasteiger partial charge on any atom is -0.294 e. The maximum Gasteiger partial charge on any atom is 0.453 e. The lowest BCUT2D eigenvalue weighted by Crippen LogP contribution is -2.43. The molecular weight excluding hydrogens is 393 g/mol. The average Bonchev–Trinajstić information content (AvgIpc) is 3.03.